The molecule has 0 unspecified atom stereocenters. The molecule has 3 heteroatoms. The smallest absolute Gasteiger partial charge is 0.299 e. The molecule has 1 saturated carbocycles. The molecule has 1 heterocycles. The quantitative estimate of drug-likeness (QED) is 0.729. The van der Waals surface area contributed by atoms with E-state index in [9.17, 15) is 9.59 Å². The standard InChI is InChI=1S/C14H15NO2/c1-8-3-6-11-12(9(8)2)15(7-10-4-5-10)14(17)13(11)16/h3,6,10H,4-5,7H2,1-2H3. The van der Waals surface area contributed by atoms with Crippen LogP contribution in [0.4, 0.5) is 5.69 Å². The molecule has 0 spiro atoms. The number of hydrogen-bond donors (Lipinski definition) is 0. The number of nitrogens with zero attached hydrogens (tertiary/aromatic N) is 1. The number of Topliss-reactive ketones (excluding diaryl/α,β-unsaturated/α-hetero) is 1. The molecule has 3 rings (SSSR count). The van der Waals surface area contributed by atoms with Crippen molar-refractivity contribution in [3.8, 4) is 0 Å². The molecule has 88 valence electrons. The summed E-state index contributed by atoms with van der Waals surface area (Å²) in [6, 6.07) is 3.70. The van der Waals surface area contributed by atoms with E-state index in [1.807, 2.05) is 19.9 Å². The first-order valence-electron chi connectivity index (χ1n) is 6.06. The van der Waals surface area contributed by atoms with Gasteiger partial charge in [0.25, 0.3) is 11.7 Å². The number of aryl methyl sites for hydroxylation is 1. The predicted molar refractivity (Wildman–Crippen MR) is 65.3 cm³/mol. The Kier molecular flexibility index (Phi) is 2.12. The first-order valence-corrected chi connectivity index (χ1v) is 6.06. The summed E-state index contributed by atoms with van der Waals surface area (Å²) in [4.78, 5) is 25.5. The highest BCUT2D eigenvalue weighted by Gasteiger charge is 2.39. The Balaban J connectivity index is 2.11. The van der Waals surface area contributed by atoms with E-state index in [0.717, 1.165) is 16.8 Å². The minimum Gasteiger partial charge on any atom is -0.304 e. The molecule has 0 saturated heterocycles. The molecular formula is C14H15NO2. The third kappa shape index (κ3) is 1.49. The largest absolute Gasteiger partial charge is 0.304 e. The van der Waals surface area contributed by atoms with Gasteiger partial charge >= 0.3 is 0 Å². The van der Waals surface area contributed by atoms with Crippen molar-refractivity contribution in [1.29, 1.82) is 0 Å². The maximum atomic E-state index is 12.0. The number of carbonyl (C=O) groups excluding carboxylic acids is 2. The van der Waals surface area contributed by atoms with Crippen molar-refractivity contribution in [2.24, 2.45) is 5.92 Å². The van der Waals surface area contributed by atoms with Crippen LogP contribution in [0.15, 0.2) is 12.1 Å². The van der Waals surface area contributed by atoms with Crippen molar-refractivity contribution < 1.29 is 9.59 Å². The van der Waals surface area contributed by atoms with Gasteiger partial charge in [-0.15, -0.1) is 0 Å². The molecule has 1 amide bonds. The van der Waals surface area contributed by atoms with E-state index in [1.54, 1.807) is 11.0 Å². The van der Waals surface area contributed by atoms with Crippen LogP contribution in [0, 0.1) is 19.8 Å². The second-order valence-corrected chi connectivity index (χ2v) is 5.09. The van der Waals surface area contributed by atoms with E-state index in [0.29, 0.717) is 18.0 Å². The zero-order valence-electron chi connectivity index (χ0n) is 10.1. The summed E-state index contributed by atoms with van der Waals surface area (Å²) in [5.41, 5.74) is 3.63. The number of amides is 1. The topological polar surface area (TPSA) is 37.4 Å². The highest BCUT2D eigenvalue weighted by Crippen LogP contribution is 2.38. The Morgan fingerprint density at radius 2 is 1.94 bits per heavy atom. The first kappa shape index (κ1) is 10.5. The summed E-state index contributed by atoms with van der Waals surface area (Å²) in [5, 5.41) is 0. The Morgan fingerprint density at radius 1 is 1.24 bits per heavy atom. The van der Waals surface area contributed by atoms with Crippen molar-refractivity contribution in [3.63, 3.8) is 0 Å². The van der Waals surface area contributed by atoms with Crippen LogP contribution in [0.3, 0.4) is 0 Å². The van der Waals surface area contributed by atoms with E-state index in [4.69, 9.17) is 0 Å². The van der Waals surface area contributed by atoms with Gasteiger partial charge in [-0.25, -0.2) is 0 Å². The normalized spacial score (nSPS) is 18.8. The van der Waals surface area contributed by atoms with Crippen molar-refractivity contribution >= 4 is 17.4 Å². The van der Waals surface area contributed by atoms with E-state index in [2.05, 4.69) is 0 Å². The molecule has 2 aliphatic rings. The molecule has 0 atom stereocenters. The van der Waals surface area contributed by atoms with E-state index in [1.165, 1.54) is 12.8 Å². The molecule has 17 heavy (non-hydrogen) atoms. The van der Waals surface area contributed by atoms with Gasteiger partial charge in [-0.1, -0.05) is 6.07 Å². The zero-order chi connectivity index (χ0) is 12.2. The first-order chi connectivity index (χ1) is 8.09. The van der Waals surface area contributed by atoms with Crippen molar-refractivity contribution in [2.75, 3.05) is 11.4 Å². The van der Waals surface area contributed by atoms with Crippen molar-refractivity contribution in [1.82, 2.24) is 0 Å². The van der Waals surface area contributed by atoms with E-state index in [-0.39, 0.29) is 11.7 Å². The van der Waals surface area contributed by atoms with Gasteiger partial charge in [-0.2, -0.15) is 0 Å². The van der Waals surface area contributed by atoms with Crippen LogP contribution in [0.5, 0.6) is 0 Å². The Hall–Kier alpha value is -1.64. The zero-order valence-corrected chi connectivity index (χ0v) is 10.1. The summed E-state index contributed by atoms with van der Waals surface area (Å²) >= 11 is 0. The highest BCUT2D eigenvalue weighted by atomic mass is 16.2. The van der Waals surface area contributed by atoms with Gasteiger partial charge in [-0.3, -0.25) is 9.59 Å². The third-order valence-corrected chi connectivity index (χ3v) is 3.79. The number of carbonyl (C=O) groups is 2. The van der Waals surface area contributed by atoms with Gasteiger partial charge in [0.1, 0.15) is 0 Å². The number of fused-ring (bicyclic) bond motifs is 1. The Bertz CT molecular complexity index is 529. The summed E-state index contributed by atoms with van der Waals surface area (Å²) < 4.78 is 0. The van der Waals surface area contributed by atoms with Crippen LogP contribution in [-0.4, -0.2) is 18.2 Å². The molecule has 1 fully saturated rings. The number of benzene rings is 1. The lowest BCUT2D eigenvalue weighted by Crippen LogP contribution is -2.32. The van der Waals surface area contributed by atoms with Crippen LogP contribution < -0.4 is 4.90 Å². The lowest BCUT2D eigenvalue weighted by atomic mass is 10.0. The van der Waals surface area contributed by atoms with Gasteiger partial charge in [-0.05, 0) is 49.8 Å². The van der Waals surface area contributed by atoms with Crippen LogP contribution in [0.1, 0.15) is 34.3 Å². The molecule has 0 aromatic heterocycles. The maximum Gasteiger partial charge on any atom is 0.299 e. The highest BCUT2D eigenvalue weighted by molar-refractivity contribution is 6.52. The summed E-state index contributed by atoms with van der Waals surface area (Å²) in [5.74, 6) is -0.0954. The van der Waals surface area contributed by atoms with Crippen LogP contribution in [0.25, 0.3) is 0 Å². The lowest BCUT2D eigenvalue weighted by Gasteiger charge is -2.19. The Labute approximate surface area is 100 Å². The molecule has 0 N–H and O–H groups in total. The third-order valence-electron chi connectivity index (χ3n) is 3.79. The second kappa shape index (κ2) is 3.42. The maximum absolute atomic E-state index is 12.0. The van der Waals surface area contributed by atoms with E-state index < -0.39 is 0 Å². The van der Waals surface area contributed by atoms with Crippen LogP contribution >= 0.6 is 0 Å². The molecule has 1 aliphatic heterocycles. The molecule has 1 aliphatic carbocycles. The molecule has 0 radical (unpaired) electrons. The number of hydrogen-bond acceptors (Lipinski definition) is 2. The van der Waals surface area contributed by atoms with Gasteiger partial charge in [0.15, 0.2) is 0 Å². The fraction of sp³-hybridized carbons (Fsp3) is 0.429. The predicted octanol–water partition coefficient (Wildman–Crippen LogP) is 2.24. The van der Waals surface area contributed by atoms with E-state index >= 15 is 0 Å². The fourth-order valence-electron chi connectivity index (χ4n) is 2.40. The number of rotatable bonds is 2. The van der Waals surface area contributed by atoms with Crippen molar-refractivity contribution in [3.05, 3.63) is 28.8 Å². The molecular weight excluding hydrogens is 214 g/mol. The molecule has 1 aromatic carbocycles. The SMILES string of the molecule is Cc1ccc2c(c1C)N(CC1CC1)C(=O)C2=O. The van der Waals surface area contributed by atoms with Gasteiger partial charge < -0.3 is 4.90 Å². The minimum atomic E-state index is -0.347. The van der Waals surface area contributed by atoms with Crippen LogP contribution in [0.2, 0.25) is 0 Å². The lowest BCUT2D eigenvalue weighted by molar-refractivity contribution is -0.114. The Morgan fingerprint density at radius 3 is 2.59 bits per heavy atom. The van der Waals surface area contributed by atoms with Gasteiger partial charge in [0.2, 0.25) is 0 Å². The van der Waals surface area contributed by atoms with Crippen LogP contribution in [-0.2, 0) is 4.79 Å². The average Bonchev–Trinajstić information content (AvgIpc) is 3.08. The molecule has 1 aromatic rings. The molecule has 3 nitrogen and oxygen atoms in total. The average molecular weight is 229 g/mol. The summed E-state index contributed by atoms with van der Waals surface area (Å²) in [6.07, 6.45) is 2.36. The summed E-state index contributed by atoms with van der Waals surface area (Å²) in [7, 11) is 0. The monoisotopic (exact) mass is 229 g/mol. The fourth-order valence-corrected chi connectivity index (χ4v) is 2.40. The molecule has 0 bridgehead atoms. The van der Waals surface area contributed by atoms with Gasteiger partial charge in [0, 0.05) is 6.54 Å². The second-order valence-electron chi connectivity index (χ2n) is 5.09. The minimum absolute atomic E-state index is 0.344. The van der Waals surface area contributed by atoms with Gasteiger partial charge in [0.05, 0.1) is 11.3 Å². The summed E-state index contributed by atoms with van der Waals surface area (Å²) in [6.45, 7) is 4.71. The van der Waals surface area contributed by atoms with Crippen molar-refractivity contribution in [2.45, 2.75) is 26.7 Å². The number of ketones is 1. The number of anilines is 1.